The Morgan fingerprint density at radius 3 is 2.50 bits per heavy atom. The molecule has 1 amide bonds. The Morgan fingerprint density at radius 2 is 1.81 bits per heavy atom. The molecule has 5 nitrogen and oxygen atoms in total. The van der Waals surface area contributed by atoms with Crippen LogP contribution >= 0.6 is 23.2 Å². The number of H-pyrrole nitrogens is 1. The summed E-state index contributed by atoms with van der Waals surface area (Å²) in [7, 11) is 1.28. The number of aromatic nitrogens is 1. The Labute approximate surface area is 160 Å². The van der Waals surface area contributed by atoms with Gasteiger partial charge in [-0.25, -0.2) is 4.79 Å². The van der Waals surface area contributed by atoms with Crippen LogP contribution in [0, 0.1) is 0 Å². The molecule has 26 heavy (non-hydrogen) atoms. The molecule has 0 bridgehead atoms. The first kappa shape index (κ1) is 18.3. The zero-order valence-electron chi connectivity index (χ0n) is 13.9. The van der Waals surface area contributed by atoms with E-state index in [0.29, 0.717) is 0 Å². The highest BCUT2D eigenvalue weighted by Crippen LogP contribution is 2.25. The summed E-state index contributed by atoms with van der Waals surface area (Å²) < 4.78 is 4.84. The smallest absolute Gasteiger partial charge is 0.328 e. The Kier molecular flexibility index (Phi) is 5.49. The van der Waals surface area contributed by atoms with E-state index in [4.69, 9.17) is 27.9 Å². The largest absolute Gasteiger partial charge is 0.467 e. The molecular weight excluding hydrogens is 375 g/mol. The number of carbonyl (C=O) groups is 2. The van der Waals surface area contributed by atoms with Gasteiger partial charge in [0.15, 0.2) is 0 Å². The van der Waals surface area contributed by atoms with Crippen LogP contribution in [-0.2, 0) is 16.0 Å². The average Bonchev–Trinajstić information content (AvgIpc) is 3.03. The van der Waals surface area contributed by atoms with Crippen molar-refractivity contribution in [3.05, 3.63) is 69.8 Å². The zero-order chi connectivity index (χ0) is 18.7. The number of amides is 1. The number of halogens is 2. The van der Waals surface area contributed by atoms with E-state index >= 15 is 0 Å². The lowest BCUT2D eigenvalue weighted by atomic mass is 10.0. The molecule has 0 radical (unpaired) electrons. The second-order valence-corrected chi connectivity index (χ2v) is 6.52. The number of nitrogens with one attached hydrogen (secondary N) is 2. The van der Waals surface area contributed by atoms with Crippen LogP contribution in [-0.4, -0.2) is 30.0 Å². The highest BCUT2D eigenvalue weighted by Gasteiger charge is 2.25. The average molecular weight is 391 g/mol. The molecule has 134 valence electrons. The first-order chi connectivity index (χ1) is 12.5. The van der Waals surface area contributed by atoms with Crippen LogP contribution in [0.1, 0.15) is 15.9 Å². The Hall–Kier alpha value is -2.50. The molecule has 0 saturated heterocycles. The van der Waals surface area contributed by atoms with Crippen LogP contribution in [0.2, 0.25) is 10.0 Å². The number of aromatic amines is 1. The number of fused-ring (bicyclic) bond motifs is 1. The summed E-state index contributed by atoms with van der Waals surface area (Å²) in [6.45, 7) is 0. The summed E-state index contributed by atoms with van der Waals surface area (Å²) in [5, 5.41) is 4.08. The van der Waals surface area contributed by atoms with Crippen molar-refractivity contribution in [2.75, 3.05) is 7.11 Å². The summed E-state index contributed by atoms with van der Waals surface area (Å²) in [5.41, 5.74) is 1.97. The minimum atomic E-state index is -0.876. The minimum absolute atomic E-state index is 0.128. The fourth-order valence-electron chi connectivity index (χ4n) is 2.80. The quantitative estimate of drug-likeness (QED) is 0.647. The van der Waals surface area contributed by atoms with Gasteiger partial charge >= 0.3 is 5.97 Å². The zero-order valence-corrected chi connectivity index (χ0v) is 15.4. The summed E-state index contributed by atoms with van der Waals surface area (Å²) in [4.78, 5) is 28.0. The highest BCUT2D eigenvalue weighted by atomic mass is 35.5. The van der Waals surface area contributed by atoms with Gasteiger partial charge in [0, 0.05) is 23.5 Å². The van der Waals surface area contributed by atoms with E-state index in [-0.39, 0.29) is 22.0 Å². The number of rotatable bonds is 5. The number of carbonyl (C=O) groups excluding carboxylic acids is 2. The highest BCUT2D eigenvalue weighted by molar-refractivity contribution is 6.39. The lowest BCUT2D eigenvalue weighted by molar-refractivity contribution is -0.142. The van der Waals surface area contributed by atoms with E-state index in [1.54, 1.807) is 18.2 Å². The van der Waals surface area contributed by atoms with Gasteiger partial charge in [0.2, 0.25) is 0 Å². The molecule has 0 saturated carbocycles. The molecule has 2 aromatic carbocycles. The van der Waals surface area contributed by atoms with Gasteiger partial charge in [-0.15, -0.1) is 0 Å². The summed E-state index contributed by atoms with van der Waals surface area (Å²) in [5.74, 6) is -1.08. The molecule has 0 aliphatic heterocycles. The van der Waals surface area contributed by atoms with Crippen molar-refractivity contribution >= 4 is 46.0 Å². The number of benzene rings is 2. The molecule has 1 heterocycles. The molecule has 0 fully saturated rings. The molecule has 0 spiro atoms. The van der Waals surface area contributed by atoms with Crippen LogP contribution in [0.15, 0.2) is 48.7 Å². The first-order valence-electron chi connectivity index (χ1n) is 7.89. The molecule has 1 aromatic heterocycles. The number of hydrogen-bond acceptors (Lipinski definition) is 3. The summed E-state index contributed by atoms with van der Waals surface area (Å²) >= 11 is 12.2. The fourth-order valence-corrected chi connectivity index (χ4v) is 3.37. The second kappa shape index (κ2) is 7.81. The van der Waals surface area contributed by atoms with Gasteiger partial charge < -0.3 is 15.0 Å². The van der Waals surface area contributed by atoms with Crippen molar-refractivity contribution in [1.29, 1.82) is 0 Å². The Balaban J connectivity index is 1.87. The lowest BCUT2D eigenvalue weighted by Crippen LogP contribution is -2.43. The maximum absolute atomic E-state index is 12.6. The minimum Gasteiger partial charge on any atom is -0.467 e. The second-order valence-electron chi connectivity index (χ2n) is 5.71. The van der Waals surface area contributed by atoms with E-state index in [1.165, 1.54) is 7.11 Å². The monoisotopic (exact) mass is 390 g/mol. The molecule has 3 aromatic rings. The van der Waals surface area contributed by atoms with Crippen LogP contribution in [0.4, 0.5) is 0 Å². The number of hydrogen-bond donors (Lipinski definition) is 2. The van der Waals surface area contributed by atoms with Crippen molar-refractivity contribution in [2.45, 2.75) is 12.5 Å². The van der Waals surface area contributed by atoms with Crippen LogP contribution < -0.4 is 5.32 Å². The molecule has 0 aliphatic rings. The van der Waals surface area contributed by atoms with Crippen molar-refractivity contribution in [3.63, 3.8) is 0 Å². The topological polar surface area (TPSA) is 71.2 Å². The van der Waals surface area contributed by atoms with Crippen LogP contribution in [0.25, 0.3) is 10.9 Å². The molecular formula is C19H16Cl2N2O3. The molecule has 0 aliphatic carbocycles. The van der Waals surface area contributed by atoms with E-state index in [9.17, 15) is 9.59 Å². The first-order valence-corrected chi connectivity index (χ1v) is 8.64. The van der Waals surface area contributed by atoms with Crippen molar-refractivity contribution in [3.8, 4) is 0 Å². The Bertz CT molecular complexity index is 948. The van der Waals surface area contributed by atoms with Gasteiger partial charge in [0.05, 0.1) is 22.7 Å². The van der Waals surface area contributed by atoms with Crippen molar-refractivity contribution in [2.24, 2.45) is 0 Å². The number of esters is 1. The SMILES string of the molecule is COC(=O)[C@H](Cc1c[nH]c2ccccc12)NC(=O)c1c(Cl)cccc1Cl. The summed E-state index contributed by atoms with van der Waals surface area (Å²) in [6.07, 6.45) is 2.08. The number of ether oxygens (including phenoxy) is 1. The predicted molar refractivity (Wildman–Crippen MR) is 102 cm³/mol. The van der Waals surface area contributed by atoms with Gasteiger partial charge in [-0.2, -0.15) is 0 Å². The van der Waals surface area contributed by atoms with Crippen LogP contribution in [0.5, 0.6) is 0 Å². The fraction of sp³-hybridized carbons (Fsp3) is 0.158. The predicted octanol–water partition coefficient (Wildman–Crippen LogP) is 3.99. The van der Waals surface area contributed by atoms with Crippen LogP contribution in [0.3, 0.4) is 0 Å². The maximum atomic E-state index is 12.6. The van der Waals surface area contributed by atoms with Gasteiger partial charge in [-0.05, 0) is 23.8 Å². The van der Waals surface area contributed by atoms with Gasteiger partial charge in [0.25, 0.3) is 5.91 Å². The standard InChI is InChI=1S/C19H16Cl2N2O3/c1-26-19(25)16(9-11-10-22-15-8-3-2-5-12(11)15)23-18(24)17-13(20)6-4-7-14(17)21/h2-8,10,16,22H,9H2,1H3,(H,23,24)/t16-/m0/s1. The molecule has 0 unspecified atom stereocenters. The summed E-state index contributed by atoms with van der Waals surface area (Å²) in [6, 6.07) is 11.6. The lowest BCUT2D eigenvalue weighted by Gasteiger charge is -2.17. The number of para-hydroxylation sites is 1. The Morgan fingerprint density at radius 1 is 1.12 bits per heavy atom. The van der Waals surface area contributed by atoms with E-state index in [2.05, 4.69) is 10.3 Å². The van der Waals surface area contributed by atoms with Crippen molar-refractivity contribution in [1.82, 2.24) is 10.3 Å². The molecule has 1 atom stereocenters. The third-order valence-corrected chi connectivity index (χ3v) is 4.71. The third kappa shape index (κ3) is 3.69. The maximum Gasteiger partial charge on any atom is 0.328 e. The normalized spacial score (nSPS) is 12.0. The number of methoxy groups -OCH3 is 1. The molecule has 2 N–H and O–H groups in total. The van der Waals surface area contributed by atoms with E-state index < -0.39 is 17.9 Å². The van der Waals surface area contributed by atoms with E-state index in [1.807, 2.05) is 30.5 Å². The van der Waals surface area contributed by atoms with Gasteiger partial charge in [-0.3, -0.25) is 4.79 Å². The van der Waals surface area contributed by atoms with Crippen molar-refractivity contribution < 1.29 is 14.3 Å². The van der Waals surface area contributed by atoms with Gasteiger partial charge in [-0.1, -0.05) is 47.5 Å². The van der Waals surface area contributed by atoms with Gasteiger partial charge in [0.1, 0.15) is 6.04 Å². The third-order valence-electron chi connectivity index (χ3n) is 4.08. The molecule has 7 heteroatoms. The van der Waals surface area contributed by atoms with E-state index in [0.717, 1.165) is 16.5 Å². The molecule has 3 rings (SSSR count).